The topological polar surface area (TPSA) is 110 Å². The normalized spacial score (nSPS) is 14.9. The van der Waals surface area contributed by atoms with E-state index in [1.807, 2.05) is 0 Å². The summed E-state index contributed by atoms with van der Waals surface area (Å²) in [5, 5.41) is 16.3. The lowest BCUT2D eigenvalue weighted by molar-refractivity contribution is -0.238. The molecule has 0 rings (SSSR count). The molecule has 6 nitrogen and oxygen atoms in total. The van der Waals surface area contributed by atoms with Crippen molar-refractivity contribution in [2.45, 2.75) is 19.4 Å². The summed E-state index contributed by atoms with van der Waals surface area (Å²) in [5.74, 6) is -2.79. The van der Waals surface area contributed by atoms with Gasteiger partial charge in [0.1, 0.15) is 6.04 Å². The third-order valence-electron chi connectivity index (χ3n) is 1.42. The van der Waals surface area contributed by atoms with Gasteiger partial charge in [-0.2, -0.15) is 5.26 Å². The molecule has 2 atom stereocenters. The standard InChI is InChI=1S/C6H11NO5/c1-3(6(10)12-11)2-4(7)5(8)9/h3-4,11H,2,7H2,1H3,(H,8,9)/t3-,4-/m1/s1. The van der Waals surface area contributed by atoms with Crippen LogP contribution < -0.4 is 5.73 Å². The first kappa shape index (κ1) is 10.9. The molecule has 0 aliphatic carbocycles. The van der Waals surface area contributed by atoms with Gasteiger partial charge in [0.25, 0.3) is 0 Å². The lowest BCUT2D eigenvalue weighted by Gasteiger charge is -2.09. The van der Waals surface area contributed by atoms with Crippen molar-refractivity contribution in [1.82, 2.24) is 0 Å². The molecule has 12 heavy (non-hydrogen) atoms. The van der Waals surface area contributed by atoms with Crippen molar-refractivity contribution in [1.29, 1.82) is 0 Å². The Labute approximate surface area is 68.9 Å². The van der Waals surface area contributed by atoms with Crippen LogP contribution in [0.5, 0.6) is 0 Å². The Morgan fingerprint density at radius 2 is 2.08 bits per heavy atom. The summed E-state index contributed by atoms with van der Waals surface area (Å²) in [4.78, 5) is 24.2. The number of hydrogen-bond acceptors (Lipinski definition) is 5. The molecule has 0 saturated carbocycles. The van der Waals surface area contributed by atoms with E-state index < -0.39 is 23.9 Å². The molecule has 6 heteroatoms. The molecular weight excluding hydrogens is 166 g/mol. The van der Waals surface area contributed by atoms with Gasteiger partial charge in [-0.1, -0.05) is 6.92 Å². The zero-order chi connectivity index (χ0) is 9.72. The summed E-state index contributed by atoms with van der Waals surface area (Å²) >= 11 is 0. The number of nitrogens with two attached hydrogens (primary N) is 1. The second kappa shape index (κ2) is 4.68. The first-order chi connectivity index (χ1) is 5.49. The fourth-order valence-electron chi connectivity index (χ4n) is 0.668. The molecule has 0 spiro atoms. The van der Waals surface area contributed by atoms with Crippen LogP contribution >= 0.6 is 0 Å². The Balaban J connectivity index is 3.91. The molecule has 0 fully saturated rings. The van der Waals surface area contributed by atoms with Crippen LogP contribution in [-0.4, -0.2) is 28.3 Å². The van der Waals surface area contributed by atoms with Gasteiger partial charge in [-0.15, -0.1) is 0 Å². The SMILES string of the molecule is C[C@H](C[C@@H](N)C(=O)O)C(=O)OO. The highest BCUT2D eigenvalue weighted by molar-refractivity contribution is 5.76. The molecule has 0 aromatic carbocycles. The van der Waals surface area contributed by atoms with Crippen LogP contribution in [0.3, 0.4) is 0 Å². The van der Waals surface area contributed by atoms with Crippen LogP contribution in [0.4, 0.5) is 0 Å². The molecule has 0 aromatic heterocycles. The van der Waals surface area contributed by atoms with E-state index in [-0.39, 0.29) is 6.42 Å². The number of carboxylic acid groups (broad SMARTS) is 1. The molecular formula is C6H11NO5. The van der Waals surface area contributed by atoms with Crippen molar-refractivity contribution in [3.63, 3.8) is 0 Å². The van der Waals surface area contributed by atoms with Crippen molar-refractivity contribution in [2.24, 2.45) is 11.7 Å². The maximum atomic E-state index is 10.5. The lowest BCUT2D eigenvalue weighted by atomic mass is 10.0. The maximum Gasteiger partial charge on any atom is 0.344 e. The van der Waals surface area contributed by atoms with Gasteiger partial charge in [0.15, 0.2) is 0 Å². The molecule has 0 aliphatic heterocycles. The monoisotopic (exact) mass is 177 g/mol. The van der Waals surface area contributed by atoms with E-state index in [2.05, 4.69) is 4.89 Å². The summed E-state index contributed by atoms with van der Waals surface area (Å²) in [6.07, 6.45) is -0.0608. The van der Waals surface area contributed by atoms with Crippen LogP contribution in [0.1, 0.15) is 13.3 Å². The van der Waals surface area contributed by atoms with E-state index in [4.69, 9.17) is 16.1 Å². The van der Waals surface area contributed by atoms with Gasteiger partial charge in [-0.25, -0.2) is 4.79 Å². The van der Waals surface area contributed by atoms with E-state index in [9.17, 15) is 9.59 Å². The van der Waals surface area contributed by atoms with Crippen molar-refractivity contribution < 1.29 is 24.8 Å². The second-order valence-corrected chi connectivity index (χ2v) is 2.49. The van der Waals surface area contributed by atoms with Gasteiger partial charge in [-0.05, 0) is 6.42 Å². The zero-order valence-electron chi connectivity index (χ0n) is 6.56. The first-order valence-corrected chi connectivity index (χ1v) is 3.32. The summed E-state index contributed by atoms with van der Waals surface area (Å²) in [7, 11) is 0. The molecule has 0 heterocycles. The molecule has 0 unspecified atom stereocenters. The zero-order valence-corrected chi connectivity index (χ0v) is 6.56. The van der Waals surface area contributed by atoms with Crippen molar-refractivity contribution in [3.05, 3.63) is 0 Å². The summed E-state index contributed by atoms with van der Waals surface area (Å²) in [6, 6.07) is -1.11. The van der Waals surface area contributed by atoms with Gasteiger partial charge >= 0.3 is 11.9 Å². The molecule has 0 saturated heterocycles. The van der Waals surface area contributed by atoms with Crippen LogP contribution in [-0.2, 0) is 14.5 Å². The number of aliphatic carboxylic acids is 1. The first-order valence-electron chi connectivity index (χ1n) is 3.32. The van der Waals surface area contributed by atoms with Crippen LogP contribution in [0.15, 0.2) is 0 Å². The molecule has 0 radical (unpaired) electrons. The summed E-state index contributed by atoms with van der Waals surface area (Å²) in [6.45, 7) is 1.42. The average molecular weight is 177 g/mol. The summed E-state index contributed by atoms with van der Waals surface area (Å²) in [5.41, 5.74) is 5.12. The van der Waals surface area contributed by atoms with Gasteiger partial charge in [0.2, 0.25) is 0 Å². The Kier molecular flexibility index (Phi) is 4.24. The van der Waals surface area contributed by atoms with E-state index >= 15 is 0 Å². The lowest BCUT2D eigenvalue weighted by Crippen LogP contribution is -2.33. The molecule has 0 amide bonds. The Morgan fingerprint density at radius 1 is 1.58 bits per heavy atom. The largest absolute Gasteiger partial charge is 0.480 e. The van der Waals surface area contributed by atoms with E-state index in [0.29, 0.717) is 0 Å². The molecule has 70 valence electrons. The maximum absolute atomic E-state index is 10.5. The number of carbonyl (C=O) groups excluding carboxylic acids is 1. The highest BCUT2D eigenvalue weighted by Crippen LogP contribution is 2.06. The third kappa shape index (κ3) is 3.31. The number of hydrogen-bond donors (Lipinski definition) is 3. The van der Waals surface area contributed by atoms with Gasteiger partial charge in [0, 0.05) is 0 Å². The van der Waals surface area contributed by atoms with Crippen LogP contribution in [0.25, 0.3) is 0 Å². The van der Waals surface area contributed by atoms with Gasteiger partial charge in [0.05, 0.1) is 5.92 Å². The fraction of sp³-hybridized carbons (Fsp3) is 0.667. The van der Waals surface area contributed by atoms with Crippen molar-refractivity contribution in [3.8, 4) is 0 Å². The Bertz CT molecular complexity index is 181. The predicted octanol–water partition coefficient (Wildman–Crippen LogP) is -0.559. The van der Waals surface area contributed by atoms with Crippen molar-refractivity contribution >= 4 is 11.9 Å². The molecule has 4 N–H and O–H groups in total. The molecule has 0 bridgehead atoms. The number of rotatable bonds is 4. The number of carbonyl (C=O) groups is 2. The van der Waals surface area contributed by atoms with Crippen LogP contribution in [0, 0.1) is 5.92 Å². The second-order valence-electron chi connectivity index (χ2n) is 2.49. The third-order valence-corrected chi connectivity index (χ3v) is 1.42. The number of carboxylic acids is 1. The quantitative estimate of drug-likeness (QED) is 0.392. The smallest absolute Gasteiger partial charge is 0.344 e. The van der Waals surface area contributed by atoms with Gasteiger partial charge < -0.3 is 15.7 Å². The molecule has 0 aliphatic rings. The fourth-order valence-corrected chi connectivity index (χ4v) is 0.668. The Morgan fingerprint density at radius 3 is 2.42 bits per heavy atom. The predicted molar refractivity (Wildman–Crippen MR) is 38.1 cm³/mol. The minimum absolute atomic E-state index is 0.0608. The minimum atomic E-state index is -1.19. The minimum Gasteiger partial charge on any atom is -0.480 e. The summed E-state index contributed by atoms with van der Waals surface area (Å²) < 4.78 is 0. The van der Waals surface area contributed by atoms with E-state index in [0.717, 1.165) is 0 Å². The average Bonchev–Trinajstić information content (AvgIpc) is 2.02. The highest BCUT2D eigenvalue weighted by atomic mass is 17.1. The highest BCUT2D eigenvalue weighted by Gasteiger charge is 2.21. The Hall–Kier alpha value is -1.14. The van der Waals surface area contributed by atoms with E-state index in [1.54, 1.807) is 0 Å². The van der Waals surface area contributed by atoms with Crippen LogP contribution in [0.2, 0.25) is 0 Å². The van der Waals surface area contributed by atoms with E-state index in [1.165, 1.54) is 6.92 Å². The van der Waals surface area contributed by atoms with Crippen molar-refractivity contribution in [2.75, 3.05) is 0 Å². The van der Waals surface area contributed by atoms with Gasteiger partial charge in [-0.3, -0.25) is 4.79 Å². The molecule has 0 aromatic rings.